The number of hydrogen-bond acceptors (Lipinski definition) is 6. The van der Waals surface area contributed by atoms with Gasteiger partial charge in [0.2, 0.25) is 0 Å². The summed E-state index contributed by atoms with van der Waals surface area (Å²) < 4.78 is 7.55. The number of ether oxygens (including phenoxy) is 1. The SMILES string of the molecule is O[C@H]1COC[C@@H]1N1CCCN(Cc2cc3n(n2)CCNC3)CC1. The van der Waals surface area contributed by atoms with E-state index in [2.05, 4.69) is 25.9 Å². The van der Waals surface area contributed by atoms with Crippen molar-refractivity contribution >= 4 is 0 Å². The zero-order chi connectivity index (χ0) is 15.6. The fourth-order valence-electron chi connectivity index (χ4n) is 3.92. The first-order chi connectivity index (χ1) is 11.3. The van der Waals surface area contributed by atoms with Crippen LogP contribution >= 0.6 is 0 Å². The molecule has 0 unspecified atom stereocenters. The van der Waals surface area contributed by atoms with E-state index < -0.39 is 0 Å². The third kappa shape index (κ3) is 3.44. The van der Waals surface area contributed by atoms with Crippen molar-refractivity contribution in [2.24, 2.45) is 0 Å². The highest BCUT2D eigenvalue weighted by Gasteiger charge is 2.32. The van der Waals surface area contributed by atoms with Crippen molar-refractivity contribution in [3.8, 4) is 0 Å². The molecule has 1 aromatic rings. The molecule has 2 N–H and O–H groups in total. The average Bonchev–Trinajstić information content (AvgIpc) is 3.08. The first kappa shape index (κ1) is 15.5. The maximum Gasteiger partial charge on any atom is 0.0950 e. The van der Waals surface area contributed by atoms with E-state index in [0.29, 0.717) is 13.2 Å². The summed E-state index contributed by atoms with van der Waals surface area (Å²) in [5.41, 5.74) is 2.48. The largest absolute Gasteiger partial charge is 0.389 e. The second-order valence-electron chi connectivity index (χ2n) is 6.86. The maximum atomic E-state index is 10.0. The number of hydrogen-bond donors (Lipinski definition) is 2. The molecule has 3 aliphatic rings. The summed E-state index contributed by atoms with van der Waals surface area (Å²) in [6, 6.07) is 2.42. The lowest BCUT2D eigenvalue weighted by Crippen LogP contribution is -2.44. The average molecular weight is 321 g/mol. The van der Waals surface area contributed by atoms with Crippen LogP contribution in [0.3, 0.4) is 0 Å². The summed E-state index contributed by atoms with van der Waals surface area (Å²) in [4.78, 5) is 4.89. The van der Waals surface area contributed by atoms with Crippen molar-refractivity contribution in [2.45, 2.75) is 38.2 Å². The molecule has 4 heterocycles. The van der Waals surface area contributed by atoms with Crippen LogP contribution in [0.5, 0.6) is 0 Å². The third-order valence-electron chi connectivity index (χ3n) is 5.22. The normalized spacial score (nSPS) is 30.3. The molecule has 0 saturated carbocycles. The molecule has 0 amide bonds. The highest BCUT2D eigenvalue weighted by molar-refractivity contribution is 5.11. The van der Waals surface area contributed by atoms with Crippen LogP contribution in [-0.4, -0.2) is 82.8 Å². The lowest BCUT2D eigenvalue weighted by atomic mass is 10.2. The van der Waals surface area contributed by atoms with Gasteiger partial charge in [-0.1, -0.05) is 0 Å². The Kier molecular flexibility index (Phi) is 4.64. The van der Waals surface area contributed by atoms with E-state index in [9.17, 15) is 5.11 Å². The van der Waals surface area contributed by atoms with Gasteiger partial charge in [0.05, 0.1) is 43.3 Å². The molecular weight excluding hydrogens is 294 g/mol. The van der Waals surface area contributed by atoms with Gasteiger partial charge in [0.25, 0.3) is 0 Å². The van der Waals surface area contributed by atoms with E-state index in [0.717, 1.165) is 58.8 Å². The van der Waals surface area contributed by atoms with Gasteiger partial charge >= 0.3 is 0 Å². The first-order valence-electron chi connectivity index (χ1n) is 8.78. The van der Waals surface area contributed by atoms with Crippen LogP contribution in [0.1, 0.15) is 17.8 Å². The van der Waals surface area contributed by atoms with Crippen LogP contribution < -0.4 is 5.32 Å². The summed E-state index contributed by atoms with van der Waals surface area (Å²) >= 11 is 0. The molecule has 0 radical (unpaired) electrons. The van der Waals surface area contributed by atoms with Crippen molar-refractivity contribution in [3.05, 3.63) is 17.5 Å². The molecule has 0 aliphatic carbocycles. The number of aliphatic hydroxyl groups is 1. The topological polar surface area (TPSA) is 65.8 Å². The summed E-state index contributed by atoms with van der Waals surface area (Å²) in [6.07, 6.45) is 0.812. The Morgan fingerprint density at radius 3 is 3.00 bits per heavy atom. The van der Waals surface area contributed by atoms with Crippen LogP contribution in [0.25, 0.3) is 0 Å². The fourth-order valence-corrected chi connectivity index (χ4v) is 3.92. The molecule has 2 atom stereocenters. The van der Waals surface area contributed by atoms with Crippen LogP contribution in [0.15, 0.2) is 6.07 Å². The van der Waals surface area contributed by atoms with Crippen LogP contribution in [0.4, 0.5) is 0 Å². The molecule has 2 fully saturated rings. The number of rotatable bonds is 3. The predicted octanol–water partition coefficient (Wildman–Crippen LogP) is -0.746. The molecule has 7 heteroatoms. The summed E-state index contributed by atoms with van der Waals surface area (Å²) in [7, 11) is 0. The van der Waals surface area contributed by atoms with E-state index in [1.54, 1.807) is 0 Å². The van der Waals surface area contributed by atoms with Gasteiger partial charge in [0.15, 0.2) is 0 Å². The summed E-state index contributed by atoms with van der Waals surface area (Å²) in [5, 5.41) is 18.2. The number of nitrogens with zero attached hydrogens (tertiary/aromatic N) is 4. The summed E-state index contributed by atoms with van der Waals surface area (Å²) in [6.45, 7) is 9.18. The van der Waals surface area contributed by atoms with Gasteiger partial charge in [-0.15, -0.1) is 0 Å². The molecule has 23 heavy (non-hydrogen) atoms. The molecule has 0 spiro atoms. The molecule has 2 saturated heterocycles. The van der Waals surface area contributed by atoms with E-state index in [1.807, 2.05) is 0 Å². The lowest BCUT2D eigenvalue weighted by molar-refractivity contribution is 0.0837. The molecule has 1 aromatic heterocycles. The molecule has 0 bridgehead atoms. The Morgan fingerprint density at radius 2 is 2.17 bits per heavy atom. The van der Waals surface area contributed by atoms with Crippen LogP contribution in [0.2, 0.25) is 0 Å². The molecule has 0 aromatic carbocycles. The molecule has 4 rings (SSSR count). The minimum Gasteiger partial charge on any atom is -0.389 e. The minimum atomic E-state index is -0.325. The van der Waals surface area contributed by atoms with E-state index >= 15 is 0 Å². The van der Waals surface area contributed by atoms with Gasteiger partial charge in [-0.25, -0.2) is 0 Å². The van der Waals surface area contributed by atoms with Gasteiger partial charge in [0, 0.05) is 32.7 Å². The second-order valence-corrected chi connectivity index (χ2v) is 6.86. The minimum absolute atomic E-state index is 0.181. The van der Waals surface area contributed by atoms with Gasteiger partial charge in [-0.2, -0.15) is 5.10 Å². The van der Waals surface area contributed by atoms with E-state index in [4.69, 9.17) is 9.84 Å². The van der Waals surface area contributed by atoms with Gasteiger partial charge < -0.3 is 15.2 Å². The van der Waals surface area contributed by atoms with Crippen molar-refractivity contribution in [1.29, 1.82) is 0 Å². The number of aromatic nitrogens is 2. The Balaban J connectivity index is 1.34. The predicted molar refractivity (Wildman–Crippen MR) is 86.0 cm³/mol. The standard InChI is InChI=1S/C16H27N5O2/c22-16-12-23-11-15(16)20-4-1-3-19(6-7-20)10-13-8-14-9-17-2-5-21(14)18-13/h8,15-17,22H,1-7,9-12H2/t15-,16-/m0/s1. The van der Waals surface area contributed by atoms with Gasteiger partial charge in [0.1, 0.15) is 0 Å². The molecule has 7 nitrogen and oxygen atoms in total. The highest BCUT2D eigenvalue weighted by Crippen LogP contribution is 2.17. The lowest BCUT2D eigenvalue weighted by Gasteiger charge is -2.28. The Bertz CT molecular complexity index is 511. The quantitative estimate of drug-likeness (QED) is 0.764. The van der Waals surface area contributed by atoms with Crippen molar-refractivity contribution in [2.75, 3.05) is 45.9 Å². The van der Waals surface area contributed by atoms with Gasteiger partial charge in [-0.05, 0) is 25.6 Å². The Labute approximate surface area is 137 Å². The smallest absolute Gasteiger partial charge is 0.0950 e. The first-order valence-corrected chi connectivity index (χ1v) is 8.78. The number of aliphatic hydroxyl groups excluding tert-OH is 1. The summed E-state index contributed by atoms with van der Waals surface area (Å²) in [5.74, 6) is 0. The van der Waals surface area contributed by atoms with E-state index in [1.165, 1.54) is 11.4 Å². The molecular formula is C16H27N5O2. The van der Waals surface area contributed by atoms with Gasteiger partial charge in [-0.3, -0.25) is 14.5 Å². The Hall–Kier alpha value is -0.990. The number of fused-ring (bicyclic) bond motifs is 1. The van der Waals surface area contributed by atoms with Crippen molar-refractivity contribution in [1.82, 2.24) is 24.9 Å². The van der Waals surface area contributed by atoms with Crippen LogP contribution in [0, 0.1) is 0 Å². The van der Waals surface area contributed by atoms with E-state index in [-0.39, 0.29) is 12.1 Å². The monoisotopic (exact) mass is 321 g/mol. The number of nitrogens with one attached hydrogen (secondary N) is 1. The van der Waals surface area contributed by atoms with Crippen LogP contribution in [-0.2, 0) is 24.4 Å². The Morgan fingerprint density at radius 1 is 1.22 bits per heavy atom. The highest BCUT2D eigenvalue weighted by atomic mass is 16.5. The molecule has 3 aliphatic heterocycles. The molecule has 128 valence electrons. The second kappa shape index (κ2) is 6.86. The van der Waals surface area contributed by atoms with Crippen molar-refractivity contribution < 1.29 is 9.84 Å². The fraction of sp³-hybridized carbons (Fsp3) is 0.812. The zero-order valence-corrected chi connectivity index (χ0v) is 13.7. The third-order valence-corrected chi connectivity index (χ3v) is 5.22. The zero-order valence-electron chi connectivity index (χ0n) is 13.7. The maximum absolute atomic E-state index is 10.0. The van der Waals surface area contributed by atoms with Crippen molar-refractivity contribution in [3.63, 3.8) is 0 Å².